The van der Waals surface area contributed by atoms with Crippen molar-refractivity contribution in [2.75, 3.05) is 13.7 Å². The summed E-state index contributed by atoms with van der Waals surface area (Å²) in [6.45, 7) is 0.826. The zero-order valence-electron chi connectivity index (χ0n) is 10.4. The smallest absolute Gasteiger partial charge is 0.0836 e. The van der Waals surface area contributed by atoms with Gasteiger partial charge < -0.3 is 9.47 Å². The van der Waals surface area contributed by atoms with Gasteiger partial charge in [-0.25, -0.2) is 0 Å². The van der Waals surface area contributed by atoms with Crippen LogP contribution in [0.25, 0.3) is 0 Å². The molecule has 1 fully saturated rings. The molecule has 0 spiro atoms. The number of methoxy groups -OCH3 is 1. The molecule has 17 heavy (non-hydrogen) atoms. The third-order valence-electron chi connectivity index (χ3n) is 3.37. The SMILES string of the molecule is CO[C@@H]1CCCC[C@@H]1OCCC1=CC=IC=C1. The van der Waals surface area contributed by atoms with Crippen LogP contribution < -0.4 is 0 Å². The molecule has 1 aliphatic heterocycles. The molecule has 0 aromatic carbocycles. The fourth-order valence-corrected chi connectivity index (χ4v) is 3.93. The van der Waals surface area contributed by atoms with Crippen LogP contribution in [0.15, 0.2) is 21.8 Å². The number of ether oxygens (including phenoxy) is 2. The highest BCUT2D eigenvalue weighted by Gasteiger charge is 2.25. The Morgan fingerprint density at radius 3 is 2.82 bits per heavy atom. The minimum atomic E-state index is 0.206. The second-order valence-electron chi connectivity index (χ2n) is 4.50. The van der Waals surface area contributed by atoms with Gasteiger partial charge >= 0.3 is 0 Å². The largest absolute Gasteiger partial charge is 0.379 e. The maximum absolute atomic E-state index is 5.98. The van der Waals surface area contributed by atoms with Gasteiger partial charge in [0.1, 0.15) is 0 Å². The third-order valence-corrected chi connectivity index (χ3v) is 4.92. The van der Waals surface area contributed by atoms with Gasteiger partial charge in [-0.05, 0) is 32.9 Å². The molecule has 0 radical (unpaired) electrons. The van der Waals surface area contributed by atoms with Crippen LogP contribution in [0.1, 0.15) is 32.1 Å². The summed E-state index contributed by atoms with van der Waals surface area (Å²) in [5, 5.41) is 0. The van der Waals surface area contributed by atoms with Crippen LogP contribution >= 0.6 is 20.7 Å². The van der Waals surface area contributed by atoms with E-state index in [4.69, 9.17) is 9.47 Å². The van der Waals surface area contributed by atoms with Crippen LogP contribution in [0.4, 0.5) is 0 Å². The van der Waals surface area contributed by atoms with Gasteiger partial charge in [0.2, 0.25) is 0 Å². The van der Waals surface area contributed by atoms with Crippen molar-refractivity contribution in [1.29, 1.82) is 0 Å². The average molecular weight is 348 g/mol. The normalized spacial score (nSPS) is 28.6. The van der Waals surface area contributed by atoms with E-state index in [9.17, 15) is 0 Å². The van der Waals surface area contributed by atoms with Crippen molar-refractivity contribution in [3.05, 3.63) is 21.8 Å². The van der Waals surface area contributed by atoms with E-state index >= 15 is 0 Å². The summed E-state index contributed by atoms with van der Waals surface area (Å²) in [7, 11) is 1.80. The van der Waals surface area contributed by atoms with Gasteiger partial charge in [-0.15, -0.1) is 0 Å². The molecule has 0 aromatic rings. The Balaban J connectivity index is 1.72. The van der Waals surface area contributed by atoms with Crippen LogP contribution in [0, 0.1) is 0 Å². The lowest BCUT2D eigenvalue weighted by Gasteiger charge is -2.30. The van der Waals surface area contributed by atoms with Crippen molar-refractivity contribution < 1.29 is 9.47 Å². The number of hydrogen-bond acceptors (Lipinski definition) is 2. The fourth-order valence-electron chi connectivity index (χ4n) is 2.35. The zero-order valence-corrected chi connectivity index (χ0v) is 12.6. The molecule has 0 amide bonds. The minimum Gasteiger partial charge on any atom is -0.379 e. The lowest BCUT2D eigenvalue weighted by Crippen LogP contribution is -2.34. The molecule has 1 heterocycles. The first kappa shape index (κ1) is 13.4. The molecule has 0 saturated heterocycles. The molecule has 3 heteroatoms. The lowest BCUT2D eigenvalue weighted by molar-refractivity contribution is -0.0755. The summed E-state index contributed by atoms with van der Waals surface area (Å²) in [6.07, 6.45) is 11.1. The van der Waals surface area contributed by atoms with Crippen molar-refractivity contribution in [3.63, 3.8) is 0 Å². The van der Waals surface area contributed by atoms with E-state index in [1.165, 1.54) is 18.4 Å². The Labute approximate surface area is 114 Å². The highest BCUT2D eigenvalue weighted by atomic mass is 127. The molecule has 0 N–H and O–H groups in total. The Morgan fingerprint density at radius 2 is 2.12 bits per heavy atom. The standard InChI is InChI=1S/C14H21IO2/c1-16-13-4-2-3-5-14(13)17-11-8-12-6-9-15-10-7-12/h6-7,9-10,13-14H,2-5,8,11H2,1H3/t13-,14+/m1/s1. The van der Waals surface area contributed by atoms with Crippen molar-refractivity contribution in [1.82, 2.24) is 0 Å². The van der Waals surface area contributed by atoms with E-state index in [0.29, 0.717) is 12.2 Å². The zero-order chi connectivity index (χ0) is 11.9. The van der Waals surface area contributed by atoms with Gasteiger partial charge in [0.05, 0.1) is 18.8 Å². The maximum atomic E-state index is 5.98. The van der Waals surface area contributed by atoms with Gasteiger partial charge in [-0.2, -0.15) is 0 Å². The van der Waals surface area contributed by atoms with Gasteiger partial charge in [0.25, 0.3) is 0 Å². The van der Waals surface area contributed by atoms with Crippen molar-refractivity contribution in [3.8, 4) is 0 Å². The van der Waals surface area contributed by atoms with Crippen LogP contribution in [0.5, 0.6) is 0 Å². The first-order valence-electron chi connectivity index (χ1n) is 6.35. The molecule has 96 valence electrons. The quantitative estimate of drug-likeness (QED) is 0.707. The number of allylic oxidation sites excluding steroid dienone is 2. The first-order chi connectivity index (χ1) is 8.40. The molecule has 1 aliphatic carbocycles. The van der Waals surface area contributed by atoms with Crippen LogP contribution in [-0.2, 0) is 9.47 Å². The number of rotatable bonds is 5. The van der Waals surface area contributed by atoms with E-state index in [1.807, 2.05) is 0 Å². The molecule has 0 bridgehead atoms. The second kappa shape index (κ2) is 7.44. The van der Waals surface area contributed by atoms with Gasteiger partial charge in [0, 0.05) is 7.11 Å². The molecular formula is C14H21IO2. The summed E-state index contributed by atoms with van der Waals surface area (Å²) in [4.78, 5) is 0. The topological polar surface area (TPSA) is 18.5 Å². The van der Waals surface area contributed by atoms with E-state index < -0.39 is 0 Å². The summed E-state index contributed by atoms with van der Waals surface area (Å²) in [5.74, 6) is 0. The number of hydrogen-bond donors (Lipinski definition) is 0. The van der Waals surface area contributed by atoms with Crippen molar-refractivity contribution >= 4 is 24.7 Å². The van der Waals surface area contributed by atoms with Gasteiger partial charge in [0.15, 0.2) is 0 Å². The maximum Gasteiger partial charge on any atom is 0.0836 e. The van der Waals surface area contributed by atoms with Crippen LogP contribution in [0.3, 0.4) is 0 Å². The second-order valence-corrected chi connectivity index (χ2v) is 6.66. The predicted molar refractivity (Wildman–Crippen MR) is 80.9 cm³/mol. The molecule has 2 rings (SSSR count). The molecular weight excluding hydrogens is 327 g/mol. The Bertz CT molecular complexity index is 320. The Kier molecular flexibility index (Phi) is 5.88. The molecule has 1 saturated carbocycles. The lowest BCUT2D eigenvalue weighted by atomic mass is 9.94. The highest BCUT2D eigenvalue weighted by molar-refractivity contribution is 14.2. The summed E-state index contributed by atoms with van der Waals surface area (Å²) in [5.41, 5.74) is 1.40. The predicted octanol–water partition coefficient (Wildman–Crippen LogP) is 3.58. The molecule has 0 aromatic heterocycles. The minimum absolute atomic E-state index is 0.206. The van der Waals surface area contributed by atoms with E-state index in [2.05, 4.69) is 20.2 Å². The van der Waals surface area contributed by atoms with E-state index in [0.717, 1.165) is 25.9 Å². The van der Waals surface area contributed by atoms with Crippen molar-refractivity contribution in [2.45, 2.75) is 44.3 Å². The van der Waals surface area contributed by atoms with E-state index in [-0.39, 0.29) is 20.7 Å². The Morgan fingerprint density at radius 1 is 1.29 bits per heavy atom. The molecule has 2 nitrogen and oxygen atoms in total. The average Bonchev–Trinajstić information content (AvgIpc) is 2.40. The Hall–Kier alpha value is -0.0000000000000000555. The monoisotopic (exact) mass is 348 g/mol. The summed E-state index contributed by atoms with van der Waals surface area (Å²) >= 11 is 0.206. The first-order valence-corrected chi connectivity index (χ1v) is 8.84. The summed E-state index contributed by atoms with van der Waals surface area (Å²) in [6, 6.07) is 0. The van der Waals surface area contributed by atoms with E-state index in [1.54, 1.807) is 7.11 Å². The van der Waals surface area contributed by atoms with Gasteiger partial charge in [-0.1, -0.05) is 45.7 Å². The third kappa shape index (κ3) is 4.30. The molecule has 2 atom stereocenters. The summed E-state index contributed by atoms with van der Waals surface area (Å²) < 4.78 is 16.1. The molecule has 2 aliphatic rings. The highest BCUT2D eigenvalue weighted by Crippen LogP contribution is 2.24. The fraction of sp³-hybridized carbons (Fsp3) is 0.643. The molecule has 0 unspecified atom stereocenters. The van der Waals surface area contributed by atoms with Gasteiger partial charge in [-0.3, -0.25) is 0 Å². The van der Waals surface area contributed by atoms with Crippen LogP contribution in [-0.4, -0.2) is 29.9 Å². The van der Waals surface area contributed by atoms with Crippen LogP contribution in [0.2, 0.25) is 0 Å². The number of halogens is 1. The van der Waals surface area contributed by atoms with Crippen molar-refractivity contribution in [2.24, 2.45) is 0 Å².